The van der Waals surface area contributed by atoms with Crippen LogP contribution in [-0.2, 0) is 19.1 Å². The molecule has 2 aliphatic rings. The van der Waals surface area contributed by atoms with Crippen molar-refractivity contribution >= 4 is 34.9 Å². The van der Waals surface area contributed by atoms with Gasteiger partial charge in [-0.2, -0.15) is 0 Å². The summed E-state index contributed by atoms with van der Waals surface area (Å²) in [5, 5.41) is 14.8. The Hall–Kier alpha value is -4.20. The zero-order chi connectivity index (χ0) is 30.0. The number of nitrogens with two attached hydrogens (primary N) is 1. The van der Waals surface area contributed by atoms with Gasteiger partial charge < -0.3 is 30.7 Å². The Morgan fingerprint density at radius 2 is 1.83 bits per heavy atom. The number of amides is 3. The number of carbonyl (C=O) groups excluding carboxylic acids is 3. The number of nitrogens with one attached hydrogen (secondary N) is 3. The van der Waals surface area contributed by atoms with Crippen molar-refractivity contribution in [2.75, 3.05) is 26.3 Å². The molecule has 3 heterocycles. The standard InChI is InChI=1S/C29H29F2N5O5S/c1-16(24-10-19(14-42-24)26(32)33)35-28(39)23-12-29(40-8-9-41-29)15-36(23)25(37)13-34-27(38)18-4-2-17(3-5-18)21-11-20(30)6-7-22(21)31/h2-7,10-11,14,16,23H,8-9,12-13,15H2,1H3,(H3,32,33)(H,34,38)(H,35,39)/t16-,23?/m1/s1. The first-order valence-electron chi connectivity index (χ1n) is 13.2. The fraction of sp³-hybridized carbons (Fsp3) is 0.310. The van der Waals surface area contributed by atoms with E-state index in [1.165, 1.54) is 40.5 Å². The summed E-state index contributed by atoms with van der Waals surface area (Å²) in [5.41, 5.74) is 6.78. The van der Waals surface area contributed by atoms with Crippen LogP contribution in [0.2, 0.25) is 0 Å². The summed E-state index contributed by atoms with van der Waals surface area (Å²) >= 11 is 1.36. The number of nitrogens with zero attached hydrogens (tertiary/aromatic N) is 1. The van der Waals surface area contributed by atoms with Crippen molar-refractivity contribution in [1.82, 2.24) is 15.5 Å². The lowest BCUT2D eigenvalue weighted by Crippen LogP contribution is -2.49. The highest BCUT2D eigenvalue weighted by molar-refractivity contribution is 7.10. The highest BCUT2D eigenvalue weighted by Crippen LogP contribution is 2.35. The molecule has 2 aliphatic heterocycles. The molecule has 2 atom stereocenters. The predicted octanol–water partition coefficient (Wildman–Crippen LogP) is 2.93. The van der Waals surface area contributed by atoms with E-state index in [1.807, 2.05) is 0 Å². The molecule has 0 aliphatic carbocycles. The van der Waals surface area contributed by atoms with Crippen LogP contribution in [0.3, 0.4) is 0 Å². The fourth-order valence-electron chi connectivity index (χ4n) is 5.02. The van der Waals surface area contributed by atoms with Crippen LogP contribution in [-0.4, -0.2) is 66.6 Å². The highest BCUT2D eigenvalue weighted by atomic mass is 32.1. The second-order valence-electron chi connectivity index (χ2n) is 10.1. The van der Waals surface area contributed by atoms with Gasteiger partial charge in [0.1, 0.15) is 23.5 Å². The molecule has 3 aromatic rings. The van der Waals surface area contributed by atoms with Crippen LogP contribution >= 0.6 is 11.3 Å². The molecule has 2 fully saturated rings. The van der Waals surface area contributed by atoms with Crippen molar-refractivity contribution in [1.29, 1.82) is 5.41 Å². The van der Waals surface area contributed by atoms with Crippen LogP contribution in [0.4, 0.5) is 8.78 Å². The number of carbonyl (C=O) groups is 3. The van der Waals surface area contributed by atoms with Crippen LogP contribution < -0.4 is 16.4 Å². The largest absolute Gasteiger partial charge is 0.384 e. The molecule has 10 nitrogen and oxygen atoms in total. The molecular formula is C29H29F2N5O5S. The molecule has 2 aromatic carbocycles. The van der Waals surface area contributed by atoms with Crippen molar-refractivity contribution < 1.29 is 32.6 Å². The van der Waals surface area contributed by atoms with E-state index in [4.69, 9.17) is 20.6 Å². The minimum absolute atomic E-state index is 0.0234. The normalized spacial score (nSPS) is 18.2. The van der Waals surface area contributed by atoms with Crippen LogP contribution in [0.25, 0.3) is 11.1 Å². The monoisotopic (exact) mass is 597 g/mol. The lowest BCUT2D eigenvalue weighted by molar-refractivity contribution is -0.152. The van der Waals surface area contributed by atoms with Gasteiger partial charge in [0, 0.05) is 33.4 Å². The Morgan fingerprint density at radius 1 is 1.12 bits per heavy atom. The third kappa shape index (κ3) is 6.17. The number of halogens is 2. The lowest BCUT2D eigenvalue weighted by atomic mass is 10.0. The minimum atomic E-state index is -1.10. The van der Waals surface area contributed by atoms with E-state index >= 15 is 0 Å². The summed E-state index contributed by atoms with van der Waals surface area (Å²) in [6.45, 7) is 2.10. The third-order valence-corrected chi connectivity index (χ3v) is 8.35. The summed E-state index contributed by atoms with van der Waals surface area (Å²) in [6, 6.07) is 9.42. The quantitative estimate of drug-likeness (QED) is 0.232. The lowest BCUT2D eigenvalue weighted by Gasteiger charge is -2.25. The number of benzene rings is 2. The van der Waals surface area contributed by atoms with Gasteiger partial charge in [-0.1, -0.05) is 12.1 Å². The number of nitrogen functional groups attached to an aromatic ring is 1. The van der Waals surface area contributed by atoms with E-state index in [-0.39, 0.29) is 36.5 Å². The van der Waals surface area contributed by atoms with Crippen molar-refractivity contribution in [2.45, 2.75) is 31.2 Å². The van der Waals surface area contributed by atoms with E-state index < -0.39 is 47.2 Å². The van der Waals surface area contributed by atoms with E-state index in [1.54, 1.807) is 18.4 Å². The molecule has 1 spiro atoms. The van der Waals surface area contributed by atoms with Crippen molar-refractivity contribution in [2.24, 2.45) is 5.73 Å². The SMILES string of the molecule is C[C@@H](NC(=O)C1CC2(CN1C(=O)CNC(=O)c1ccc(-c3cc(F)ccc3F)cc1)OCCO2)c1cc(C(=N)N)cs1. The molecule has 2 saturated heterocycles. The minimum Gasteiger partial charge on any atom is -0.384 e. The van der Waals surface area contributed by atoms with E-state index in [0.717, 1.165) is 23.1 Å². The van der Waals surface area contributed by atoms with Gasteiger partial charge in [0.15, 0.2) is 5.79 Å². The maximum atomic E-state index is 14.1. The molecule has 5 N–H and O–H groups in total. The molecular weight excluding hydrogens is 568 g/mol. The van der Waals surface area contributed by atoms with Gasteiger partial charge in [0.25, 0.3) is 5.91 Å². The zero-order valence-electron chi connectivity index (χ0n) is 22.6. The summed E-state index contributed by atoms with van der Waals surface area (Å²) < 4.78 is 39.2. The van der Waals surface area contributed by atoms with E-state index in [0.29, 0.717) is 24.3 Å². The molecule has 3 amide bonds. The molecule has 0 bridgehead atoms. The number of hydrogen-bond donors (Lipinski definition) is 4. The number of amidine groups is 1. The van der Waals surface area contributed by atoms with Gasteiger partial charge in [-0.05, 0) is 48.9 Å². The number of likely N-dealkylation sites (tertiary alicyclic amines) is 1. The van der Waals surface area contributed by atoms with Crippen LogP contribution in [0.15, 0.2) is 53.9 Å². The molecule has 5 rings (SSSR count). The highest BCUT2D eigenvalue weighted by Gasteiger charge is 2.52. The molecule has 1 aromatic heterocycles. The Balaban J connectivity index is 1.23. The second-order valence-corrected chi connectivity index (χ2v) is 11.1. The maximum Gasteiger partial charge on any atom is 0.251 e. The van der Waals surface area contributed by atoms with Crippen molar-refractivity contribution in [3.8, 4) is 11.1 Å². The summed E-state index contributed by atoms with van der Waals surface area (Å²) in [4.78, 5) is 41.6. The Morgan fingerprint density at radius 3 is 2.50 bits per heavy atom. The first-order chi connectivity index (χ1) is 20.0. The predicted molar refractivity (Wildman–Crippen MR) is 151 cm³/mol. The summed E-state index contributed by atoms with van der Waals surface area (Å²) in [6.07, 6.45) is 0.131. The smallest absolute Gasteiger partial charge is 0.251 e. The number of hydrogen-bond acceptors (Lipinski definition) is 7. The summed E-state index contributed by atoms with van der Waals surface area (Å²) in [7, 11) is 0. The van der Waals surface area contributed by atoms with Crippen molar-refractivity contribution in [3.63, 3.8) is 0 Å². The molecule has 1 unspecified atom stereocenters. The molecule has 220 valence electrons. The third-order valence-electron chi connectivity index (χ3n) is 7.23. The average Bonchev–Trinajstić information content (AvgIpc) is 3.74. The van der Waals surface area contributed by atoms with Gasteiger partial charge >= 0.3 is 0 Å². The van der Waals surface area contributed by atoms with Crippen LogP contribution in [0, 0.1) is 17.0 Å². The zero-order valence-corrected chi connectivity index (χ0v) is 23.4. The number of rotatable bonds is 8. The molecule has 13 heteroatoms. The van der Waals surface area contributed by atoms with Gasteiger partial charge in [-0.25, -0.2) is 8.78 Å². The summed E-state index contributed by atoms with van der Waals surface area (Å²) in [5.74, 6) is -3.81. The van der Waals surface area contributed by atoms with Crippen LogP contribution in [0.5, 0.6) is 0 Å². The Kier molecular flexibility index (Phi) is 8.34. The average molecular weight is 598 g/mol. The van der Waals surface area contributed by atoms with Gasteiger partial charge in [0.2, 0.25) is 11.8 Å². The van der Waals surface area contributed by atoms with Crippen molar-refractivity contribution in [3.05, 3.63) is 81.5 Å². The molecule has 42 heavy (non-hydrogen) atoms. The number of ether oxygens (including phenoxy) is 2. The second kappa shape index (κ2) is 12.0. The first kappa shape index (κ1) is 29.3. The maximum absolute atomic E-state index is 14.1. The van der Waals surface area contributed by atoms with E-state index in [2.05, 4.69) is 10.6 Å². The topological polar surface area (TPSA) is 147 Å². The molecule has 0 saturated carbocycles. The number of thiophene rings is 1. The van der Waals surface area contributed by atoms with Gasteiger partial charge in [0.05, 0.1) is 32.3 Å². The Bertz CT molecular complexity index is 1520. The van der Waals surface area contributed by atoms with Crippen LogP contribution in [0.1, 0.15) is 40.2 Å². The van der Waals surface area contributed by atoms with E-state index in [9.17, 15) is 23.2 Å². The first-order valence-corrected chi connectivity index (χ1v) is 14.1. The van der Waals surface area contributed by atoms with Gasteiger partial charge in [-0.3, -0.25) is 19.8 Å². The van der Waals surface area contributed by atoms with Gasteiger partial charge in [-0.15, -0.1) is 11.3 Å². The fourth-order valence-corrected chi connectivity index (χ4v) is 5.94. The molecule has 0 radical (unpaired) electrons. The Labute approximate surface area is 244 Å².